The molecule has 84 valence electrons. The fourth-order valence-corrected chi connectivity index (χ4v) is 1.39. The molecule has 0 saturated heterocycles. The predicted octanol–water partition coefficient (Wildman–Crippen LogP) is 1.82. The molecular weight excluding hydrogens is 216 g/mol. The minimum absolute atomic E-state index is 0.191. The van der Waals surface area contributed by atoms with Crippen LogP contribution in [0.4, 0.5) is 11.5 Å². The lowest BCUT2D eigenvalue weighted by molar-refractivity contribution is 0.475. The molecule has 0 aliphatic heterocycles. The molecule has 2 aromatic rings. The Kier molecular flexibility index (Phi) is 2.88. The number of nitrogens with zero attached hydrogens (tertiary/aromatic N) is 4. The van der Waals surface area contributed by atoms with Gasteiger partial charge in [0, 0.05) is 18.8 Å². The number of phenolic OH excluding ortho intramolecular Hbond substituents is 1. The lowest BCUT2D eigenvalue weighted by atomic mass is 10.3. The van der Waals surface area contributed by atoms with Crippen LogP contribution < -0.4 is 4.90 Å². The molecule has 0 spiro atoms. The maximum absolute atomic E-state index is 9.39. The third-order valence-corrected chi connectivity index (χ3v) is 2.31. The first kappa shape index (κ1) is 10.9. The summed E-state index contributed by atoms with van der Waals surface area (Å²) in [5, 5.41) is 18.0. The first-order chi connectivity index (χ1) is 8.20. The molecule has 5 nitrogen and oxygen atoms in total. The lowest BCUT2D eigenvalue weighted by Gasteiger charge is -2.17. The van der Waals surface area contributed by atoms with E-state index in [9.17, 15) is 5.11 Å². The second-order valence-corrected chi connectivity index (χ2v) is 3.45. The van der Waals surface area contributed by atoms with Crippen molar-refractivity contribution in [1.29, 1.82) is 5.26 Å². The van der Waals surface area contributed by atoms with Crippen LogP contribution >= 0.6 is 0 Å². The van der Waals surface area contributed by atoms with Gasteiger partial charge in [0.1, 0.15) is 11.8 Å². The standard InChI is InChI=1S/C12H10N4O/c1-16(10-3-2-4-11(17)5-10)12-8-14-9(6-13)7-15-12/h2-5,7-8,17H,1H3. The molecule has 0 fully saturated rings. The first-order valence-electron chi connectivity index (χ1n) is 4.95. The summed E-state index contributed by atoms with van der Waals surface area (Å²) in [6, 6.07) is 8.73. The Balaban J connectivity index is 2.30. The SMILES string of the molecule is CN(c1cccc(O)c1)c1cnc(C#N)cn1. The van der Waals surface area contributed by atoms with E-state index < -0.39 is 0 Å². The summed E-state index contributed by atoms with van der Waals surface area (Å²) in [4.78, 5) is 9.82. The van der Waals surface area contributed by atoms with Crippen LogP contribution in [0.2, 0.25) is 0 Å². The van der Waals surface area contributed by atoms with Crippen LogP contribution in [0.25, 0.3) is 0 Å². The van der Waals surface area contributed by atoms with E-state index in [-0.39, 0.29) is 11.4 Å². The first-order valence-corrected chi connectivity index (χ1v) is 4.95. The third-order valence-electron chi connectivity index (χ3n) is 2.31. The minimum Gasteiger partial charge on any atom is -0.508 e. The Morgan fingerprint density at radius 1 is 1.29 bits per heavy atom. The van der Waals surface area contributed by atoms with Gasteiger partial charge in [0.15, 0.2) is 11.5 Å². The Bertz CT molecular complexity index is 559. The number of phenols is 1. The molecule has 0 aliphatic carbocycles. The Morgan fingerprint density at radius 3 is 2.71 bits per heavy atom. The Morgan fingerprint density at radius 2 is 2.12 bits per heavy atom. The summed E-state index contributed by atoms with van der Waals surface area (Å²) in [5.41, 5.74) is 1.07. The zero-order valence-corrected chi connectivity index (χ0v) is 9.20. The summed E-state index contributed by atoms with van der Waals surface area (Å²) in [7, 11) is 1.81. The highest BCUT2D eigenvalue weighted by Crippen LogP contribution is 2.24. The zero-order chi connectivity index (χ0) is 12.3. The third kappa shape index (κ3) is 2.32. The van der Waals surface area contributed by atoms with Crippen molar-refractivity contribution >= 4 is 11.5 Å². The molecule has 0 aliphatic rings. The van der Waals surface area contributed by atoms with Gasteiger partial charge >= 0.3 is 0 Å². The number of hydrogen-bond donors (Lipinski definition) is 1. The smallest absolute Gasteiger partial charge is 0.158 e. The maximum atomic E-state index is 9.39. The number of aromatic hydroxyl groups is 1. The largest absolute Gasteiger partial charge is 0.508 e. The van der Waals surface area contributed by atoms with Gasteiger partial charge in [-0.1, -0.05) is 6.07 Å². The Hall–Kier alpha value is -2.61. The predicted molar refractivity (Wildman–Crippen MR) is 62.9 cm³/mol. The van der Waals surface area contributed by atoms with Gasteiger partial charge in [-0.25, -0.2) is 9.97 Å². The molecular formula is C12H10N4O. The number of nitriles is 1. The van der Waals surface area contributed by atoms with Gasteiger partial charge < -0.3 is 10.0 Å². The second kappa shape index (κ2) is 4.49. The van der Waals surface area contributed by atoms with Crippen LogP contribution in [0.5, 0.6) is 5.75 Å². The van der Waals surface area contributed by atoms with Crippen molar-refractivity contribution < 1.29 is 5.11 Å². The average molecular weight is 226 g/mol. The molecule has 0 amide bonds. The molecule has 5 heteroatoms. The highest BCUT2D eigenvalue weighted by atomic mass is 16.3. The van der Waals surface area contributed by atoms with Gasteiger partial charge in [-0.05, 0) is 12.1 Å². The highest BCUT2D eigenvalue weighted by Gasteiger charge is 2.06. The van der Waals surface area contributed by atoms with Crippen molar-refractivity contribution in [3.8, 4) is 11.8 Å². The van der Waals surface area contributed by atoms with E-state index in [0.29, 0.717) is 5.82 Å². The van der Waals surface area contributed by atoms with Crippen molar-refractivity contribution in [2.75, 3.05) is 11.9 Å². The summed E-state index contributed by atoms with van der Waals surface area (Å²) >= 11 is 0. The number of hydrogen-bond acceptors (Lipinski definition) is 5. The molecule has 1 N–H and O–H groups in total. The van der Waals surface area contributed by atoms with Crippen LogP contribution in [0.1, 0.15) is 5.69 Å². The summed E-state index contributed by atoms with van der Waals surface area (Å²) in [6.07, 6.45) is 2.93. The summed E-state index contributed by atoms with van der Waals surface area (Å²) in [6.45, 7) is 0. The minimum atomic E-state index is 0.191. The molecule has 0 bridgehead atoms. The molecule has 1 aromatic carbocycles. The van der Waals surface area contributed by atoms with Crippen molar-refractivity contribution in [3.63, 3.8) is 0 Å². The van der Waals surface area contributed by atoms with Gasteiger partial charge in [-0.15, -0.1) is 0 Å². The quantitative estimate of drug-likeness (QED) is 0.845. The molecule has 0 saturated carbocycles. The van der Waals surface area contributed by atoms with Crippen LogP contribution in [-0.4, -0.2) is 22.1 Å². The van der Waals surface area contributed by atoms with Crippen LogP contribution in [0.3, 0.4) is 0 Å². The number of rotatable bonds is 2. The number of aromatic nitrogens is 2. The topological polar surface area (TPSA) is 73.0 Å². The zero-order valence-electron chi connectivity index (χ0n) is 9.20. The van der Waals surface area contributed by atoms with Crippen molar-refractivity contribution in [2.45, 2.75) is 0 Å². The van der Waals surface area contributed by atoms with Crippen molar-refractivity contribution in [1.82, 2.24) is 9.97 Å². The van der Waals surface area contributed by atoms with Crippen molar-refractivity contribution in [2.24, 2.45) is 0 Å². The van der Waals surface area contributed by atoms with Gasteiger partial charge in [-0.3, -0.25) is 0 Å². The fourth-order valence-electron chi connectivity index (χ4n) is 1.39. The van der Waals surface area contributed by atoms with E-state index in [4.69, 9.17) is 5.26 Å². The lowest BCUT2D eigenvalue weighted by Crippen LogP contribution is -2.11. The van der Waals surface area contributed by atoms with E-state index in [0.717, 1.165) is 5.69 Å². The number of benzene rings is 1. The monoisotopic (exact) mass is 226 g/mol. The number of anilines is 2. The molecule has 1 aromatic heterocycles. The summed E-state index contributed by atoms with van der Waals surface area (Å²) < 4.78 is 0. The van der Waals surface area contributed by atoms with E-state index >= 15 is 0 Å². The van der Waals surface area contributed by atoms with Crippen LogP contribution in [-0.2, 0) is 0 Å². The van der Waals surface area contributed by atoms with Crippen LogP contribution in [0, 0.1) is 11.3 Å². The van der Waals surface area contributed by atoms with Gasteiger partial charge in [0.05, 0.1) is 12.4 Å². The molecule has 1 heterocycles. The van der Waals surface area contributed by atoms with Gasteiger partial charge in [0.2, 0.25) is 0 Å². The van der Waals surface area contributed by atoms with E-state index in [1.807, 2.05) is 19.2 Å². The molecule has 17 heavy (non-hydrogen) atoms. The fraction of sp³-hybridized carbons (Fsp3) is 0.0833. The molecule has 2 rings (SSSR count). The molecule has 0 atom stereocenters. The summed E-state index contributed by atoms with van der Waals surface area (Å²) in [5.74, 6) is 0.797. The molecule has 0 radical (unpaired) electrons. The van der Waals surface area contributed by atoms with Crippen LogP contribution in [0.15, 0.2) is 36.7 Å². The van der Waals surface area contributed by atoms with E-state index in [1.165, 1.54) is 12.4 Å². The Labute approximate surface area is 98.6 Å². The molecule has 0 unspecified atom stereocenters. The van der Waals surface area contributed by atoms with Gasteiger partial charge in [0.25, 0.3) is 0 Å². The average Bonchev–Trinajstić information content (AvgIpc) is 2.38. The van der Waals surface area contributed by atoms with Crippen molar-refractivity contribution in [3.05, 3.63) is 42.4 Å². The highest BCUT2D eigenvalue weighted by molar-refractivity contribution is 5.60. The van der Waals surface area contributed by atoms with E-state index in [2.05, 4.69) is 9.97 Å². The second-order valence-electron chi connectivity index (χ2n) is 3.45. The maximum Gasteiger partial charge on any atom is 0.158 e. The van der Waals surface area contributed by atoms with E-state index in [1.54, 1.807) is 23.1 Å². The normalized spacial score (nSPS) is 9.65. The van der Waals surface area contributed by atoms with Gasteiger partial charge in [-0.2, -0.15) is 5.26 Å².